The zero-order valence-electron chi connectivity index (χ0n) is 20.2. The fourth-order valence-corrected chi connectivity index (χ4v) is 6.52. The molecule has 2 aromatic carbocycles. The summed E-state index contributed by atoms with van der Waals surface area (Å²) in [6, 6.07) is 8.12. The van der Waals surface area contributed by atoms with Crippen LogP contribution in [0, 0.1) is 23.7 Å². The number of carbonyl (C=O) groups is 5. The fourth-order valence-electron chi connectivity index (χ4n) is 6.52. The van der Waals surface area contributed by atoms with E-state index in [4.69, 9.17) is 5.73 Å². The van der Waals surface area contributed by atoms with Crippen molar-refractivity contribution in [2.45, 2.75) is 24.5 Å². The number of rotatable bonds is 3. The summed E-state index contributed by atoms with van der Waals surface area (Å²) in [5.41, 5.74) is 4.31. The first-order chi connectivity index (χ1) is 17.4. The number of likely N-dealkylation sites (N-methyl/N-ethyl adjacent to an activating group) is 1. The molecule has 0 aromatic heterocycles. The molecule has 2 fully saturated rings. The maximum absolute atomic E-state index is 13.8. The first-order valence-electron chi connectivity index (χ1n) is 11.9. The van der Waals surface area contributed by atoms with Gasteiger partial charge in [0.1, 0.15) is 11.5 Å². The molecular formula is C27H26N2O8. The number of benzene rings is 2. The van der Waals surface area contributed by atoms with Gasteiger partial charge >= 0.3 is 0 Å². The lowest BCUT2D eigenvalue weighted by atomic mass is 9.52. The second kappa shape index (κ2) is 8.32. The molecule has 6 atom stereocenters. The quantitative estimate of drug-likeness (QED) is 0.425. The topological polar surface area (TPSA) is 175 Å². The molecule has 3 aliphatic rings. The van der Waals surface area contributed by atoms with E-state index in [0.717, 1.165) is 0 Å². The van der Waals surface area contributed by atoms with Crippen molar-refractivity contribution in [2.24, 2.45) is 29.4 Å². The van der Waals surface area contributed by atoms with Crippen molar-refractivity contribution >= 4 is 29.0 Å². The molecule has 0 saturated heterocycles. The van der Waals surface area contributed by atoms with Gasteiger partial charge in [0.2, 0.25) is 5.91 Å². The lowest BCUT2D eigenvalue weighted by Gasteiger charge is -2.52. The summed E-state index contributed by atoms with van der Waals surface area (Å²) < 4.78 is 0. The van der Waals surface area contributed by atoms with E-state index in [0.29, 0.717) is 16.7 Å². The highest BCUT2D eigenvalue weighted by atomic mass is 16.3. The van der Waals surface area contributed by atoms with Crippen LogP contribution in [0.3, 0.4) is 0 Å². The van der Waals surface area contributed by atoms with Crippen molar-refractivity contribution in [3.05, 3.63) is 47.5 Å². The predicted molar refractivity (Wildman–Crippen MR) is 128 cm³/mol. The van der Waals surface area contributed by atoms with Crippen LogP contribution in [0.5, 0.6) is 11.5 Å². The highest BCUT2D eigenvalue weighted by molar-refractivity contribution is 6.32. The van der Waals surface area contributed by atoms with Crippen molar-refractivity contribution in [2.75, 3.05) is 14.1 Å². The number of amides is 1. The summed E-state index contributed by atoms with van der Waals surface area (Å²) in [6.45, 7) is 0. The highest BCUT2D eigenvalue weighted by Gasteiger charge is 2.69. The van der Waals surface area contributed by atoms with Crippen LogP contribution in [0.2, 0.25) is 0 Å². The number of phenolic OH excluding ortho intramolecular Hbond substituents is 2. The van der Waals surface area contributed by atoms with E-state index >= 15 is 0 Å². The first kappa shape index (κ1) is 24.8. The number of fused-ring (bicyclic) bond motifs is 3. The Morgan fingerprint density at radius 3 is 2.24 bits per heavy atom. The Bertz CT molecular complexity index is 1380. The van der Waals surface area contributed by atoms with Crippen LogP contribution in [-0.4, -0.2) is 75.0 Å². The molecule has 5 rings (SSSR count). The number of nitrogens with zero attached hydrogens (tertiary/aromatic N) is 1. The SMILES string of the molecule is CN(C)[C@@H]1C(=O)C(C(N)=O)C(=O)[C@@]2(O)C(=O)C3C(=O)c4c(O)ccc(-c5ccc(O)cc5)c4C[C@H]3C[C@@H]12. The van der Waals surface area contributed by atoms with Gasteiger partial charge < -0.3 is 21.1 Å². The van der Waals surface area contributed by atoms with E-state index in [2.05, 4.69) is 0 Å². The van der Waals surface area contributed by atoms with Crippen molar-refractivity contribution in [3.8, 4) is 22.6 Å². The van der Waals surface area contributed by atoms with Crippen LogP contribution < -0.4 is 5.73 Å². The number of carbonyl (C=O) groups excluding carboxylic acids is 5. The third-order valence-corrected chi connectivity index (χ3v) is 8.12. The van der Waals surface area contributed by atoms with Gasteiger partial charge in [-0.1, -0.05) is 18.2 Å². The summed E-state index contributed by atoms with van der Waals surface area (Å²) in [7, 11) is 3.07. The maximum Gasteiger partial charge on any atom is 0.235 e. The summed E-state index contributed by atoms with van der Waals surface area (Å²) in [4.78, 5) is 67.5. The molecule has 0 heterocycles. The molecule has 0 aliphatic heterocycles. The minimum atomic E-state index is -2.75. The molecule has 1 amide bonds. The first-order valence-corrected chi connectivity index (χ1v) is 11.9. The molecule has 5 N–H and O–H groups in total. The second-order valence-electron chi connectivity index (χ2n) is 10.3. The second-order valence-corrected chi connectivity index (χ2v) is 10.3. The van der Waals surface area contributed by atoms with E-state index < -0.39 is 64.4 Å². The van der Waals surface area contributed by atoms with Crippen LogP contribution >= 0.6 is 0 Å². The molecule has 3 aliphatic carbocycles. The van der Waals surface area contributed by atoms with E-state index in [-0.39, 0.29) is 29.9 Å². The number of aliphatic hydroxyl groups is 1. The molecule has 10 nitrogen and oxygen atoms in total. The minimum Gasteiger partial charge on any atom is -0.508 e. The number of Topliss-reactive ketones (excluding diaryl/α,β-unsaturated/α-hetero) is 4. The van der Waals surface area contributed by atoms with Crippen molar-refractivity contribution in [1.29, 1.82) is 0 Å². The Hall–Kier alpha value is -3.89. The molecule has 0 spiro atoms. The fraction of sp³-hybridized carbons (Fsp3) is 0.370. The van der Waals surface area contributed by atoms with Gasteiger partial charge in [-0.15, -0.1) is 0 Å². The molecule has 10 heteroatoms. The number of nitrogens with two attached hydrogens (primary N) is 1. The summed E-state index contributed by atoms with van der Waals surface area (Å²) in [5, 5.41) is 31.9. The van der Waals surface area contributed by atoms with Gasteiger partial charge in [-0.25, -0.2) is 0 Å². The Kier molecular flexibility index (Phi) is 5.58. The van der Waals surface area contributed by atoms with Gasteiger partial charge in [-0.2, -0.15) is 0 Å². The molecule has 2 aromatic rings. The van der Waals surface area contributed by atoms with E-state index in [1.54, 1.807) is 18.2 Å². The molecule has 0 radical (unpaired) electrons. The highest BCUT2D eigenvalue weighted by Crippen LogP contribution is 2.51. The molecule has 2 unspecified atom stereocenters. The molecule has 37 heavy (non-hydrogen) atoms. The van der Waals surface area contributed by atoms with Crippen molar-refractivity contribution in [1.82, 2.24) is 4.90 Å². The Morgan fingerprint density at radius 1 is 1.00 bits per heavy atom. The van der Waals surface area contributed by atoms with Gasteiger partial charge in [-0.05, 0) is 67.7 Å². The van der Waals surface area contributed by atoms with Crippen molar-refractivity contribution in [3.63, 3.8) is 0 Å². The van der Waals surface area contributed by atoms with Gasteiger partial charge in [-0.3, -0.25) is 28.9 Å². The van der Waals surface area contributed by atoms with Gasteiger partial charge in [0.05, 0.1) is 17.5 Å². The number of hydrogen-bond donors (Lipinski definition) is 4. The van der Waals surface area contributed by atoms with Gasteiger partial charge in [0.15, 0.2) is 34.7 Å². The number of primary amides is 1. The van der Waals surface area contributed by atoms with Crippen LogP contribution in [-0.2, 0) is 25.6 Å². The van der Waals surface area contributed by atoms with Gasteiger partial charge in [0.25, 0.3) is 0 Å². The molecular weight excluding hydrogens is 480 g/mol. The Balaban J connectivity index is 1.66. The number of ketones is 4. The monoisotopic (exact) mass is 506 g/mol. The lowest BCUT2D eigenvalue weighted by molar-refractivity contribution is -0.181. The third kappa shape index (κ3) is 3.36. The van der Waals surface area contributed by atoms with Gasteiger partial charge in [0, 0.05) is 5.92 Å². The van der Waals surface area contributed by atoms with Crippen molar-refractivity contribution < 1.29 is 39.3 Å². The van der Waals surface area contributed by atoms with E-state index in [1.165, 1.54) is 37.2 Å². The van der Waals surface area contributed by atoms with E-state index in [9.17, 15) is 39.3 Å². The van der Waals surface area contributed by atoms with Crippen LogP contribution in [0.1, 0.15) is 22.3 Å². The average molecular weight is 507 g/mol. The average Bonchev–Trinajstić information content (AvgIpc) is 2.82. The minimum absolute atomic E-state index is 0.0193. The maximum atomic E-state index is 13.8. The summed E-state index contributed by atoms with van der Waals surface area (Å²) >= 11 is 0. The predicted octanol–water partition coefficient (Wildman–Crippen LogP) is 0.240. The normalized spacial score (nSPS) is 31.1. The Labute approximate surface area is 211 Å². The molecule has 2 saturated carbocycles. The standard InChI is InChI=1S/C27H26N2O8/c1-29(2)21-16-10-12-9-15-14(11-3-5-13(30)6-4-11)7-8-17(31)19(15)22(32)18(12)24(34)27(16,37)25(35)20(23(21)33)26(28)36/h3-8,12,16,18,20-21,30-31,37H,9-10H2,1-2H3,(H2,28,36)/t12-,16-,18?,20?,21-,27-/m0/s1. The summed E-state index contributed by atoms with van der Waals surface area (Å²) in [5.74, 6) is -10.7. The number of aromatic hydroxyl groups is 2. The van der Waals surface area contributed by atoms with E-state index in [1.807, 2.05) is 0 Å². The zero-order chi connectivity index (χ0) is 27.0. The lowest BCUT2D eigenvalue weighted by Crippen LogP contribution is -2.74. The van der Waals surface area contributed by atoms with Crippen LogP contribution in [0.25, 0.3) is 11.1 Å². The largest absolute Gasteiger partial charge is 0.508 e. The van der Waals surface area contributed by atoms with Crippen LogP contribution in [0.15, 0.2) is 36.4 Å². The number of hydrogen-bond acceptors (Lipinski definition) is 9. The van der Waals surface area contributed by atoms with Crippen LogP contribution in [0.4, 0.5) is 0 Å². The number of phenols is 2. The Morgan fingerprint density at radius 2 is 1.65 bits per heavy atom. The zero-order valence-corrected chi connectivity index (χ0v) is 20.2. The summed E-state index contributed by atoms with van der Waals surface area (Å²) in [6.07, 6.45) is 0.144. The molecule has 0 bridgehead atoms. The molecule has 192 valence electrons. The third-order valence-electron chi connectivity index (χ3n) is 8.12. The smallest absolute Gasteiger partial charge is 0.235 e.